The Bertz CT molecular complexity index is 785. The number of benzene rings is 1. The quantitative estimate of drug-likeness (QED) is 0.573. The Morgan fingerprint density at radius 2 is 1.32 bits per heavy atom. The van der Waals surface area contributed by atoms with Crippen molar-refractivity contribution in [1.82, 2.24) is 4.57 Å². The molecule has 0 unspecified atom stereocenters. The van der Waals surface area contributed by atoms with Gasteiger partial charge < -0.3 is 20.9 Å². The summed E-state index contributed by atoms with van der Waals surface area (Å²) in [6.45, 7) is 4.62. The van der Waals surface area contributed by atoms with Crippen molar-refractivity contribution >= 4 is 11.8 Å². The summed E-state index contributed by atoms with van der Waals surface area (Å²) < 4.78 is 26.2. The molecule has 4 N–H and O–H groups in total. The third-order valence-electron chi connectivity index (χ3n) is 4.12. The molecule has 0 atom stereocenters. The summed E-state index contributed by atoms with van der Waals surface area (Å²) >= 11 is 0. The molecule has 1 aromatic heterocycles. The van der Waals surface area contributed by atoms with Gasteiger partial charge in [-0.3, -0.25) is 14.2 Å². The molecular formula is C20H26FN3O4. The van der Waals surface area contributed by atoms with E-state index in [4.69, 9.17) is 20.9 Å². The number of carbonyl (C=O) groups excluding carboxylic acids is 2. The van der Waals surface area contributed by atoms with Crippen molar-refractivity contribution < 1.29 is 23.5 Å². The van der Waals surface area contributed by atoms with Gasteiger partial charge in [0.15, 0.2) is 22.9 Å². The fourth-order valence-electron chi connectivity index (χ4n) is 2.73. The van der Waals surface area contributed by atoms with E-state index in [1.54, 1.807) is 0 Å². The van der Waals surface area contributed by atoms with Crippen LogP contribution in [0.25, 0.3) is 5.69 Å². The molecule has 7 nitrogen and oxygen atoms in total. The maximum Gasteiger partial charge on any atom is 0.269 e. The van der Waals surface area contributed by atoms with Gasteiger partial charge in [0, 0.05) is 5.69 Å². The highest BCUT2D eigenvalue weighted by molar-refractivity contribution is 6.03. The number of primary amides is 2. The van der Waals surface area contributed by atoms with E-state index in [2.05, 4.69) is 0 Å². The first-order valence-electron chi connectivity index (χ1n) is 9.32. The molecule has 0 radical (unpaired) electrons. The highest BCUT2D eigenvalue weighted by Crippen LogP contribution is 2.40. The van der Waals surface area contributed by atoms with Crippen molar-refractivity contribution in [1.29, 1.82) is 0 Å². The van der Waals surface area contributed by atoms with Gasteiger partial charge in [-0.05, 0) is 37.1 Å². The van der Waals surface area contributed by atoms with Crippen LogP contribution in [0.5, 0.6) is 11.5 Å². The first-order valence-corrected chi connectivity index (χ1v) is 9.32. The molecule has 0 spiro atoms. The molecule has 0 aliphatic rings. The van der Waals surface area contributed by atoms with Crippen molar-refractivity contribution in [3.8, 4) is 17.2 Å². The van der Waals surface area contributed by atoms with E-state index in [9.17, 15) is 14.0 Å². The smallest absolute Gasteiger partial charge is 0.269 e. The molecule has 0 fully saturated rings. The molecule has 0 aliphatic carbocycles. The highest BCUT2D eigenvalue weighted by Gasteiger charge is 2.32. The van der Waals surface area contributed by atoms with E-state index in [0.717, 1.165) is 25.7 Å². The first kappa shape index (κ1) is 21.3. The molecule has 2 rings (SSSR count). The van der Waals surface area contributed by atoms with Crippen molar-refractivity contribution in [3.63, 3.8) is 0 Å². The van der Waals surface area contributed by atoms with E-state index < -0.39 is 17.6 Å². The number of rotatable bonds is 11. The van der Waals surface area contributed by atoms with E-state index in [0.29, 0.717) is 18.9 Å². The fraction of sp³-hybridized carbons (Fsp3) is 0.400. The zero-order valence-electron chi connectivity index (χ0n) is 16.2. The molecule has 0 saturated carbocycles. The molecule has 2 aromatic rings. The summed E-state index contributed by atoms with van der Waals surface area (Å²) in [5, 5.41) is 0. The second-order valence-corrected chi connectivity index (χ2v) is 6.30. The van der Waals surface area contributed by atoms with Crippen LogP contribution in [-0.2, 0) is 0 Å². The lowest BCUT2D eigenvalue weighted by Gasteiger charge is -2.10. The van der Waals surface area contributed by atoms with Gasteiger partial charge in [-0.25, -0.2) is 4.39 Å². The third-order valence-corrected chi connectivity index (χ3v) is 4.12. The van der Waals surface area contributed by atoms with Crippen molar-refractivity contribution in [3.05, 3.63) is 41.5 Å². The summed E-state index contributed by atoms with van der Waals surface area (Å²) in [5.41, 5.74) is 11.4. The number of carbonyl (C=O) groups is 2. The number of aromatic nitrogens is 1. The molecule has 0 saturated heterocycles. The predicted molar refractivity (Wildman–Crippen MR) is 104 cm³/mol. The first-order chi connectivity index (χ1) is 13.4. The summed E-state index contributed by atoms with van der Waals surface area (Å²) in [5.74, 6) is -1.94. The summed E-state index contributed by atoms with van der Waals surface area (Å²) in [6, 6.07) is 5.25. The van der Waals surface area contributed by atoms with E-state index in [1.807, 2.05) is 13.8 Å². The van der Waals surface area contributed by atoms with Crippen LogP contribution in [0.3, 0.4) is 0 Å². The summed E-state index contributed by atoms with van der Waals surface area (Å²) in [7, 11) is 0. The number of unbranched alkanes of at least 4 members (excludes halogenated alkanes) is 2. The van der Waals surface area contributed by atoms with E-state index in [-0.39, 0.29) is 22.9 Å². The maximum atomic E-state index is 13.4. The Morgan fingerprint density at radius 1 is 0.893 bits per heavy atom. The van der Waals surface area contributed by atoms with Gasteiger partial charge in [-0.2, -0.15) is 0 Å². The second kappa shape index (κ2) is 9.77. The summed E-state index contributed by atoms with van der Waals surface area (Å²) in [6.07, 6.45) is 3.22. The zero-order valence-corrected chi connectivity index (χ0v) is 16.2. The van der Waals surface area contributed by atoms with Crippen molar-refractivity contribution in [2.45, 2.75) is 39.5 Å². The molecule has 152 valence electrons. The Kier molecular flexibility index (Phi) is 7.43. The molecule has 0 bridgehead atoms. The second-order valence-electron chi connectivity index (χ2n) is 6.30. The lowest BCUT2D eigenvalue weighted by atomic mass is 10.3. The monoisotopic (exact) mass is 391 g/mol. The molecule has 28 heavy (non-hydrogen) atoms. The van der Waals surface area contributed by atoms with Crippen LogP contribution in [0.1, 0.15) is 60.5 Å². The lowest BCUT2D eigenvalue weighted by molar-refractivity contribution is 0.0988. The number of ether oxygens (including phenoxy) is 2. The number of halogens is 1. The van der Waals surface area contributed by atoms with Gasteiger partial charge in [0.1, 0.15) is 5.82 Å². The molecular weight excluding hydrogens is 365 g/mol. The average Bonchev–Trinajstić information content (AvgIpc) is 2.97. The van der Waals surface area contributed by atoms with Gasteiger partial charge in [0.05, 0.1) is 13.2 Å². The maximum absolute atomic E-state index is 13.4. The Labute approximate surface area is 163 Å². The number of nitrogens with zero attached hydrogens (tertiary/aromatic N) is 1. The Morgan fingerprint density at radius 3 is 1.68 bits per heavy atom. The van der Waals surface area contributed by atoms with Crippen LogP contribution in [0.4, 0.5) is 4.39 Å². The largest absolute Gasteiger partial charge is 0.487 e. The van der Waals surface area contributed by atoms with Crippen molar-refractivity contribution in [2.75, 3.05) is 13.2 Å². The highest BCUT2D eigenvalue weighted by atomic mass is 19.1. The minimum atomic E-state index is -0.816. The van der Waals surface area contributed by atoms with Gasteiger partial charge in [0.2, 0.25) is 0 Å². The SMILES string of the molecule is CCCCOc1c(OCCCC)c(C(N)=O)n(-c2ccc(F)cc2)c1C(N)=O. The van der Waals surface area contributed by atoms with E-state index >= 15 is 0 Å². The minimum Gasteiger partial charge on any atom is -0.487 e. The Balaban J connectivity index is 2.72. The molecule has 1 aromatic carbocycles. The fourth-order valence-corrected chi connectivity index (χ4v) is 2.73. The average molecular weight is 391 g/mol. The topological polar surface area (TPSA) is 110 Å². The number of amides is 2. The van der Waals surface area contributed by atoms with Crippen LogP contribution in [0, 0.1) is 5.82 Å². The van der Waals surface area contributed by atoms with Crippen LogP contribution in [0.15, 0.2) is 24.3 Å². The molecule has 8 heteroatoms. The standard InChI is InChI=1S/C20H26FN3O4/c1-3-5-11-27-17-15(19(22)25)24(14-9-7-13(21)8-10-14)16(20(23)26)18(17)28-12-6-4-2/h7-10H,3-6,11-12H2,1-2H3,(H2,22,25)(H2,23,26). The normalized spacial score (nSPS) is 10.7. The third kappa shape index (κ3) is 4.62. The van der Waals surface area contributed by atoms with Gasteiger partial charge in [-0.1, -0.05) is 26.7 Å². The van der Waals surface area contributed by atoms with Crippen LogP contribution >= 0.6 is 0 Å². The van der Waals surface area contributed by atoms with Crippen LogP contribution in [-0.4, -0.2) is 29.6 Å². The van der Waals surface area contributed by atoms with Crippen LogP contribution in [0.2, 0.25) is 0 Å². The minimum absolute atomic E-state index is 0.0667. The summed E-state index contributed by atoms with van der Waals surface area (Å²) in [4.78, 5) is 24.5. The van der Waals surface area contributed by atoms with Gasteiger partial charge in [-0.15, -0.1) is 0 Å². The molecule has 1 heterocycles. The predicted octanol–water partition coefficient (Wildman–Crippen LogP) is 3.17. The number of hydrogen-bond acceptors (Lipinski definition) is 4. The van der Waals surface area contributed by atoms with E-state index in [1.165, 1.54) is 28.8 Å². The zero-order chi connectivity index (χ0) is 20.7. The van der Waals surface area contributed by atoms with Gasteiger partial charge >= 0.3 is 0 Å². The van der Waals surface area contributed by atoms with Crippen LogP contribution < -0.4 is 20.9 Å². The number of hydrogen-bond donors (Lipinski definition) is 2. The Hall–Kier alpha value is -3.03. The molecule has 2 amide bonds. The lowest BCUT2D eigenvalue weighted by Crippen LogP contribution is -2.22. The van der Waals surface area contributed by atoms with Crippen molar-refractivity contribution in [2.24, 2.45) is 11.5 Å². The molecule has 0 aliphatic heterocycles. The van der Waals surface area contributed by atoms with Gasteiger partial charge in [0.25, 0.3) is 11.8 Å². The number of nitrogens with two attached hydrogens (primary N) is 2.